The Balaban J connectivity index is 2.76. The number of ether oxygens (including phenoxy) is 1. The van der Waals surface area contributed by atoms with Crippen molar-refractivity contribution in [3.63, 3.8) is 0 Å². The molecule has 4 heteroatoms. The van der Waals surface area contributed by atoms with Crippen LogP contribution >= 0.6 is 11.8 Å². The predicted molar refractivity (Wildman–Crippen MR) is 73.6 cm³/mol. The summed E-state index contributed by atoms with van der Waals surface area (Å²) in [6.45, 7) is 5.88. The minimum absolute atomic E-state index is 0.217. The number of hydrogen-bond donors (Lipinski definition) is 2. The molecule has 0 aliphatic rings. The SMILES string of the molecule is COc1cc(N)ccc1SCC(C)(O)C(C)C. The van der Waals surface area contributed by atoms with Gasteiger partial charge in [0.1, 0.15) is 5.75 Å². The summed E-state index contributed by atoms with van der Waals surface area (Å²) in [6, 6.07) is 5.57. The van der Waals surface area contributed by atoms with Crippen molar-refractivity contribution < 1.29 is 9.84 Å². The van der Waals surface area contributed by atoms with Crippen LogP contribution in [0.5, 0.6) is 5.75 Å². The Morgan fingerprint density at radius 1 is 1.47 bits per heavy atom. The second-order valence-electron chi connectivity index (χ2n) is 4.71. The minimum atomic E-state index is -0.683. The fraction of sp³-hybridized carbons (Fsp3) is 0.538. The molecule has 0 amide bonds. The Morgan fingerprint density at radius 3 is 2.65 bits per heavy atom. The second-order valence-corrected chi connectivity index (χ2v) is 5.73. The van der Waals surface area contributed by atoms with Gasteiger partial charge in [0.2, 0.25) is 0 Å². The number of thioether (sulfide) groups is 1. The van der Waals surface area contributed by atoms with Crippen LogP contribution in [0.3, 0.4) is 0 Å². The number of methoxy groups -OCH3 is 1. The topological polar surface area (TPSA) is 55.5 Å². The molecule has 0 aliphatic carbocycles. The third kappa shape index (κ3) is 3.82. The molecule has 0 fully saturated rings. The second kappa shape index (κ2) is 5.65. The van der Waals surface area contributed by atoms with E-state index in [2.05, 4.69) is 0 Å². The highest BCUT2D eigenvalue weighted by molar-refractivity contribution is 7.99. The summed E-state index contributed by atoms with van der Waals surface area (Å²) in [7, 11) is 1.62. The zero-order valence-corrected chi connectivity index (χ0v) is 11.7. The monoisotopic (exact) mass is 255 g/mol. The first-order valence-corrected chi connectivity index (χ1v) is 6.64. The lowest BCUT2D eigenvalue weighted by Crippen LogP contribution is -2.33. The Bertz CT molecular complexity index is 378. The first-order valence-electron chi connectivity index (χ1n) is 5.65. The first kappa shape index (κ1) is 14.2. The Morgan fingerprint density at radius 2 is 2.12 bits per heavy atom. The molecule has 1 aromatic carbocycles. The van der Waals surface area contributed by atoms with E-state index >= 15 is 0 Å². The standard InChI is InChI=1S/C13H21NO2S/c1-9(2)13(3,15)8-17-12-6-5-10(14)7-11(12)16-4/h5-7,9,15H,8,14H2,1-4H3. The largest absolute Gasteiger partial charge is 0.496 e. The van der Waals surface area contributed by atoms with E-state index in [1.807, 2.05) is 32.9 Å². The summed E-state index contributed by atoms with van der Waals surface area (Å²) in [5, 5.41) is 10.2. The molecule has 3 N–H and O–H groups in total. The lowest BCUT2D eigenvalue weighted by atomic mass is 9.95. The van der Waals surface area contributed by atoms with E-state index in [0.29, 0.717) is 11.4 Å². The van der Waals surface area contributed by atoms with Gasteiger partial charge in [-0.3, -0.25) is 0 Å². The molecule has 1 aromatic rings. The van der Waals surface area contributed by atoms with Crippen LogP contribution in [0.2, 0.25) is 0 Å². The van der Waals surface area contributed by atoms with Gasteiger partial charge in [0, 0.05) is 22.4 Å². The maximum atomic E-state index is 10.2. The lowest BCUT2D eigenvalue weighted by molar-refractivity contribution is 0.0376. The van der Waals surface area contributed by atoms with E-state index in [1.165, 1.54) is 0 Å². The van der Waals surface area contributed by atoms with Crippen molar-refractivity contribution >= 4 is 17.4 Å². The van der Waals surface area contributed by atoms with Crippen LogP contribution < -0.4 is 10.5 Å². The van der Waals surface area contributed by atoms with Crippen molar-refractivity contribution in [2.24, 2.45) is 5.92 Å². The summed E-state index contributed by atoms with van der Waals surface area (Å²) >= 11 is 1.59. The van der Waals surface area contributed by atoms with Crippen LogP contribution in [0.4, 0.5) is 5.69 Å². The maximum absolute atomic E-state index is 10.2. The molecule has 1 unspecified atom stereocenters. The summed E-state index contributed by atoms with van der Waals surface area (Å²) in [6.07, 6.45) is 0. The van der Waals surface area contributed by atoms with Gasteiger partial charge in [0.05, 0.1) is 12.7 Å². The fourth-order valence-corrected chi connectivity index (χ4v) is 2.42. The van der Waals surface area contributed by atoms with Crippen molar-refractivity contribution in [1.82, 2.24) is 0 Å². The molecular weight excluding hydrogens is 234 g/mol. The third-order valence-corrected chi connectivity index (χ3v) is 4.33. The van der Waals surface area contributed by atoms with Crippen LogP contribution in [0.15, 0.2) is 23.1 Å². The van der Waals surface area contributed by atoms with E-state index in [-0.39, 0.29) is 5.92 Å². The summed E-state index contributed by atoms with van der Waals surface area (Å²) in [5.41, 5.74) is 5.69. The Hall–Kier alpha value is -0.870. The van der Waals surface area contributed by atoms with Crippen molar-refractivity contribution in [2.75, 3.05) is 18.6 Å². The number of benzene rings is 1. The molecule has 0 aliphatic heterocycles. The van der Waals surface area contributed by atoms with Gasteiger partial charge in [-0.1, -0.05) is 13.8 Å². The van der Waals surface area contributed by atoms with Gasteiger partial charge in [-0.15, -0.1) is 11.8 Å². The predicted octanol–water partition coefficient (Wildman–Crippen LogP) is 2.78. The number of anilines is 1. The van der Waals surface area contributed by atoms with Gasteiger partial charge in [-0.2, -0.15) is 0 Å². The summed E-state index contributed by atoms with van der Waals surface area (Å²) < 4.78 is 5.27. The number of hydrogen-bond acceptors (Lipinski definition) is 4. The number of nitrogen functional groups attached to an aromatic ring is 1. The van der Waals surface area contributed by atoms with Gasteiger partial charge >= 0.3 is 0 Å². The normalized spacial score (nSPS) is 14.7. The highest BCUT2D eigenvalue weighted by Gasteiger charge is 2.25. The molecule has 0 heterocycles. The molecule has 0 spiro atoms. The quantitative estimate of drug-likeness (QED) is 0.627. The van der Waals surface area contributed by atoms with Crippen molar-refractivity contribution in [2.45, 2.75) is 31.3 Å². The zero-order chi connectivity index (χ0) is 13.1. The Kier molecular flexibility index (Phi) is 4.71. The van der Waals surface area contributed by atoms with E-state index in [1.54, 1.807) is 24.9 Å². The molecule has 0 saturated carbocycles. The molecule has 3 nitrogen and oxygen atoms in total. The van der Waals surface area contributed by atoms with Crippen LogP contribution in [-0.2, 0) is 0 Å². The van der Waals surface area contributed by atoms with Crippen LogP contribution in [0.25, 0.3) is 0 Å². The lowest BCUT2D eigenvalue weighted by Gasteiger charge is -2.27. The van der Waals surface area contributed by atoms with Gasteiger partial charge < -0.3 is 15.6 Å². The molecule has 1 atom stereocenters. The van der Waals surface area contributed by atoms with E-state index < -0.39 is 5.60 Å². The van der Waals surface area contributed by atoms with Crippen LogP contribution in [0.1, 0.15) is 20.8 Å². The molecule has 0 saturated heterocycles. The number of aliphatic hydroxyl groups is 1. The van der Waals surface area contributed by atoms with E-state index in [4.69, 9.17) is 10.5 Å². The molecular formula is C13H21NO2S. The zero-order valence-electron chi connectivity index (χ0n) is 10.9. The summed E-state index contributed by atoms with van der Waals surface area (Å²) in [5.74, 6) is 1.61. The number of nitrogens with two attached hydrogens (primary N) is 1. The highest BCUT2D eigenvalue weighted by Crippen LogP contribution is 2.34. The Labute approximate surface area is 107 Å². The van der Waals surface area contributed by atoms with E-state index in [0.717, 1.165) is 10.6 Å². The van der Waals surface area contributed by atoms with Crippen LogP contribution in [-0.4, -0.2) is 23.6 Å². The smallest absolute Gasteiger partial charge is 0.134 e. The molecule has 96 valence electrons. The molecule has 0 aromatic heterocycles. The molecule has 0 bridgehead atoms. The van der Waals surface area contributed by atoms with Crippen molar-refractivity contribution in [1.29, 1.82) is 0 Å². The minimum Gasteiger partial charge on any atom is -0.496 e. The average Bonchev–Trinajstić information content (AvgIpc) is 2.27. The third-order valence-electron chi connectivity index (χ3n) is 2.95. The average molecular weight is 255 g/mol. The first-order chi connectivity index (χ1) is 7.86. The van der Waals surface area contributed by atoms with Crippen LogP contribution in [0, 0.1) is 5.92 Å². The van der Waals surface area contributed by atoms with Gasteiger partial charge in [-0.05, 0) is 25.0 Å². The van der Waals surface area contributed by atoms with Gasteiger partial charge in [0.25, 0.3) is 0 Å². The molecule has 17 heavy (non-hydrogen) atoms. The van der Waals surface area contributed by atoms with Gasteiger partial charge in [-0.25, -0.2) is 0 Å². The summed E-state index contributed by atoms with van der Waals surface area (Å²) in [4.78, 5) is 1.00. The number of rotatable bonds is 5. The van der Waals surface area contributed by atoms with Crippen molar-refractivity contribution in [3.8, 4) is 5.75 Å². The highest BCUT2D eigenvalue weighted by atomic mass is 32.2. The van der Waals surface area contributed by atoms with Gasteiger partial charge in [0.15, 0.2) is 0 Å². The van der Waals surface area contributed by atoms with E-state index in [9.17, 15) is 5.11 Å². The maximum Gasteiger partial charge on any atom is 0.134 e. The molecule has 0 radical (unpaired) electrons. The molecule has 1 rings (SSSR count). The fourth-order valence-electron chi connectivity index (χ4n) is 1.19. The van der Waals surface area contributed by atoms with Crippen molar-refractivity contribution in [3.05, 3.63) is 18.2 Å².